The lowest BCUT2D eigenvalue weighted by atomic mass is 10.2. The van der Waals surface area contributed by atoms with Crippen molar-refractivity contribution < 1.29 is 0 Å². The SMILES string of the molecule is CCCCC/C=C/SC. The number of unbranched alkanes of at least 4 members (excludes halogenated alkanes) is 3. The number of thioether (sulfide) groups is 1. The molecule has 1 heteroatoms. The summed E-state index contributed by atoms with van der Waals surface area (Å²) in [5.41, 5.74) is 0. The van der Waals surface area contributed by atoms with Crippen LogP contribution in [0.15, 0.2) is 11.5 Å². The maximum absolute atomic E-state index is 2.25. The fourth-order valence-corrected chi connectivity index (χ4v) is 1.00. The Morgan fingerprint density at radius 3 is 2.67 bits per heavy atom. The van der Waals surface area contributed by atoms with E-state index in [4.69, 9.17) is 0 Å². The van der Waals surface area contributed by atoms with Crippen LogP contribution in [0.1, 0.15) is 32.6 Å². The van der Waals surface area contributed by atoms with Gasteiger partial charge in [0, 0.05) is 0 Å². The Morgan fingerprint density at radius 2 is 2.11 bits per heavy atom. The average molecular weight is 144 g/mol. The van der Waals surface area contributed by atoms with Gasteiger partial charge in [-0.05, 0) is 24.5 Å². The zero-order chi connectivity index (χ0) is 6.95. The molecule has 0 aliphatic heterocycles. The van der Waals surface area contributed by atoms with E-state index in [1.165, 1.54) is 25.7 Å². The van der Waals surface area contributed by atoms with Gasteiger partial charge in [0.05, 0.1) is 0 Å². The minimum atomic E-state index is 1.26. The van der Waals surface area contributed by atoms with Crippen LogP contribution >= 0.6 is 11.8 Å². The first-order chi connectivity index (χ1) is 4.41. The Hall–Kier alpha value is 0.0900. The van der Waals surface area contributed by atoms with E-state index in [1.807, 2.05) is 0 Å². The molecule has 0 unspecified atom stereocenters. The Balaban J connectivity index is 2.82. The molecule has 9 heavy (non-hydrogen) atoms. The second-order valence-electron chi connectivity index (χ2n) is 2.10. The van der Waals surface area contributed by atoms with Crippen molar-refractivity contribution in [2.45, 2.75) is 32.6 Å². The van der Waals surface area contributed by atoms with Crippen molar-refractivity contribution in [3.63, 3.8) is 0 Å². The highest BCUT2D eigenvalue weighted by Crippen LogP contribution is 2.02. The number of hydrogen-bond donors (Lipinski definition) is 0. The summed E-state index contributed by atoms with van der Waals surface area (Å²) < 4.78 is 0. The summed E-state index contributed by atoms with van der Waals surface area (Å²) in [6, 6.07) is 0. The van der Waals surface area contributed by atoms with Crippen LogP contribution in [0.5, 0.6) is 0 Å². The molecule has 0 N–H and O–H groups in total. The molecule has 0 aliphatic rings. The van der Waals surface area contributed by atoms with Gasteiger partial charge in [0.25, 0.3) is 0 Å². The van der Waals surface area contributed by atoms with Gasteiger partial charge in [0.2, 0.25) is 0 Å². The minimum absolute atomic E-state index is 1.26. The van der Waals surface area contributed by atoms with Crippen LogP contribution in [0.2, 0.25) is 0 Å². The molecule has 0 saturated heterocycles. The average Bonchev–Trinajstić information content (AvgIpc) is 1.89. The van der Waals surface area contributed by atoms with E-state index < -0.39 is 0 Å². The Morgan fingerprint density at radius 1 is 1.33 bits per heavy atom. The highest BCUT2D eigenvalue weighted by molar-refractivity contribution is 8.01. The van der Waals surface area contributed by atoms with Crippen molar-refractivity contribution in [2.24, 2.45) is 0 Å². The quantitative estimate of drug-likeness (QED) is 0.533. The summed E-state index contributed by atoms with van der Waals surface area (Å²) in [5, 5.41) is 2.16. The summed E-state index contributed by atoms with van der Waals surface area (Å²) in [6.45, 7) is 2.23. The smallest absolute Gasteiger partial charge is 0.0142 e. The van der Waals surface area contributed by atoms with Gasteiger partial charge in [-0.2, -0.15) is 0 Å². The molecule has 0 aromatic rings. The predicted molar refractivity (Wildman–Crippen MR) is 46.8 cm³/mol. The van der Waals surface area contributed by atoms with Crippen molar-refractivity contribution in [2.75, 3.05) is 6.26 Å². The van der Waals surface area contributed by atoms with E-state index in [0.717, 1.165) is 0 Å². The third-order valence-electron chi connectivity index (χ3n) is 1.21. The van der Waals surface area contributed by atoms with Crippen LogP contribution in [0.3, 0.4) is 0 Å². The van der Waals surface area contributed by atoms with Gasteiger partial charge in [-0.25, -0.2) is 0 Å². The molecule has 0 atom stereocenters. The maximum atomic E-state index is 2.25. The van der Waals surface area contributed by atoms with Crippen LogP contribution < -0.4 is 0 Å². The lowest BCUT2D eigenvalue weighted by Gasteiger charge is -1.89. The summed E-state index contributed by atoms with van der Waals surface area (Å²) in [6.07, 6.45) is 9.66. The third kappa shape index (κ3) is 8.09. The fraction of sp³-hybridized carbons (Fsp3) is 0.750. The van der Waals surface area contributed by atoms with Gasteiger partial charge >= 0.3 is 0 Å². The van der Waals surface area contributed by atoms with Crippen LogP contribution in [-0.4, -0.2) is 6.26 Å². The summed E-state index contributed by atoms with van der Waals surface area (Å²) >= 11 is 1.78. The number of rotatable bonds is 5. The Labute approximate surface area is 62.7 Å². The molecule has 0 aliphatic carbocycles. The van der Waals surface area contributed by atoms with E-state index in [1.54, 1.807) is 11.8 Å². The van der Waals surface area contributed by atoms with Gasteiger partial charge in [-0.3, -0.25) is 0 Å². The molecule has 0 nitrogen and oxygen atoms in total. The van der Waals surface area contributed by atoms with Crippen LogP contribution in [0.25, 0.3) is 0 Å². The van der Waals surface area contributed by atoms with Crippen LogP contribution in [0, 0.1) is 0 Å². The van der Waals surface area contributed by atoms with E-state index in [-0.39, 0.29) is 0 Å². The van der Waals surface area contributed by atoms with Crippen molar-refractivity contribution in [3.05, 3.63) is 11.5 Å². The third-order valence-corrected chi connectivity index (χ3v) is 1.67. The lowest BCUT2D eigenvalue weighted by Crippen LogP contribution is -1.69. The van der Waals surface area contributed by atoms with Gasteiger partial charge in [-0.15, -0.1) is 11.8 Å². The molecule has 0 saturated carbocycles. The van der Waals surface area contributed by atoms with E-state index in [9.17, 15) is 0 Å². The summed E-state index contributed by atoms with van der Waals surface area (Å²) in [4.78, 5) is 0. The van der Waals surface area contributed by atoms with Crippen LogP contribution in [-0.2, 0) is 0 Å². The largest absolute Gasteiger partial charge is 0.138 e. The topological polar surface area (TPSA) is 0 Å². The molecule has 0 amide bonds. The molecular formula is C8H16S. The highest BCUT2D eigenvalue weighted by atomic mass is 32.2. The Kier molecular flexibility index (Phi) is 8.17. The number of hydrogen-bond acceptors (Lipinski definition) is 1. The molecule has 0 fully saturated rings. The van der Waals surface area contributed by atoms with Gasteiger partial charge in [0.15, 0.2) is 0 Å². The van der Waals surface area contributed by atoms with E-state index >= 15 is 0 Å². The first-order valence-electron chi connectivity index (χ1n) is 3.59. The van der Waals surface area contributed by atoms with Crippen LogP contribution in [0.4, 0.5) is 0 Å². The molecule has 0 spiro atoms. The molecule has 0 aromatic carbocycles. The highest BCUT2D eigenvalue weighted by Gasteiger charge is 1.79. The van der Waals surface area contributed by atoms with E-state index in [0.29, 0.717) is 0 Å². The molecule has 0 bridgehead atoms. The van der Waals surface area contributed by atoms with Crippen molar-refractivity contribution in [3.8, 4) is 0 Å². The molecule has 0 aromatic heterocycles. The van der Waals surface area contributed by atoms with Crippen molar-refractivity contribution >= 4 is 11.8 Å². The predicted octanol–water partition coefficient (Wildman–Crippen LogP) is 3.44. The van der Waals surface area contributed by atoms with Gasteiger partial charge in [-0.1, -0.05) is 25.8 Å². The zero-order valence-electron chi connectivity index (χ0n) is 6.39. The molecular weight excluding hydrogens is 128 g/mol. The first kappa shape index (κ1) is 9.09. The Bertz CT molecular complexity index is 67.0. The first-order valence-corrected chi connectivity index (χ1v) is 4.88. The summed E-state index contributed by atoms with van der Waals surface area (Å²) in [7, 11) is 0. The van der Waals surface area contributed by atoms with Gasteiger partial charge in [0.1, 0.15) is 0 Å². The molecule has 0 rings (SSSR count). The molecule has 54 valence electrons. The monoisotopic (exact) mass is 144 g/mol. The second kappa shape index (κ2) is 8.09. The van der Waals surface area contributed by atoms with Crippen molar-refractivity contribution in [1.82, 2.24) is 0 Å². The second-order valence-corrected chi connectivity index (χ2v) is 2.85. The molecule has 0 radical (unpaired) electrons. The maximum Gasteiger partial charge on any atom is -0.0142 e. The normalized spacial score (nSPS) is 10.9. The molecule has 0 heterocycles. The number of allylic oxidation sites excluding steroid dienone is 1. The van der Waals surface area contributed by atoms with E-state index in [2.05, 4.69) is 24.7 Å². The zero-order valence-corrected chi connectivity index (χ0v) is 7.21. The standard InChI is InChI=1S/C8H16S/c1-3-4-5-6-7-8-9-2/h7-8H,3-6H2,1-2H3/b8-7+. The fourth-order valence-electron chi connectivity index (χ4n) is 0.676. The lowest BCUT2D eigenvalue weighted by molar-refractivity contribution is 0.729. The van der Waals surface area contributed by atoms with Crippen molar-refractivity contribution in [1.29, 1.82) is 0 Å². The summed E-state index contributed by atoms with van der Waals surface area (Å²) in [5.74, 6) is 0. The van der Waals surface area contributed by atoms with Gasteiger partial charge < -0.3 is 0 Å². The minimum Gasteiger partial charge on any atom is -0.138 e.